The van der Waals surface area contributed by atoms with Gasteiger partial charge in [0.15, 0.2) is 0 Å². The van der Waals surface area contributed by atoms with Crippen LogP contribution in [-0.4, -0.2) is 20.0 Å². The molecule has 0 bridgehead atoms. The molecule has 0 heterocycles. The minimum Gasteiger partial charge on any atom is -0.204 e. The van der Waals surface area contributed by atoms with Gasteiger partial charge < -0.3 is 0 Å². The second-order valence-corrected chi connectivity index (χ2v) is 5.90. The Morgan fingerprint density at radius 2 is 1.69 bits per heavy atom. The van der Waals surface area contributed by atoms with Crippen LogP contribution in [0.5, 0.6) is 0 Å². The van der Waals surface area contributed by atoms with Crippen molar-refractivity contribution >= 4 is 10.0 Å². The van der Waals surface area contributed by atoms with E-state index in [0.717, 1.165) is 19.3 Å². The molecule has 0 aromatic rings. The molecule has 1 aliphatic rings. The van der Waals surface area contributed by atoms with Crippen molar-refractivity contribution in [3.8, 4) is 0 Å². The van der Waals surface area contributed by atoms with Gasteiger partial charge >= 0.3 is 15.5 Å². The van der Waals surface area contributed by atoms with Gasteiger partial charge in [0.2, 0.25) is 0 Å². The van der Waals surface area contributed by atoms with E-state index in [1.165, 1.54) is 0 Å². The number of sulfonamides is 1. The lowest BCUT2D eigenvalue weighted by Crippen LogP contribution is -2.44. The van der Waals surface area contributed by atoms with Crippen LogP contribution in [0.25, 0.3) is 0 Å². The zero-order chi connectivity index (χ0) is 12.4. The van der Waals surface area contributed by atoms with Crippen LogP contribution in [0, 0.1) is 5.92 Å². The van der Waals surface area contributed by atoms with Crippen LogP contribution in [-0.2, 0) is 10.0 Å². The molecule has 96 valence electrons. The molecule has 0 aliphatic heterocycles. The summed E-state index contributed by atoms with van der Waals surface area (Å²) in [5, 5.41) is 0. The van der Waals surface area contributed by atoms with Crippen LogP contribution in [0.2, 0.25) is 0 Å². The van der Waals surface area contributed by atoms with Crippen LogP contribution in [0.3, 0.4) is 0 Å². The molecule has 0 unspecified atom stereocenters. The topological polar surface area (TPSA) is 46.2 Å². The highest BCUT2D eigenvalue weighted by molar-refractivity contribution is 7.90. The molecule has 1 rings (SSSR count). The predicted molar refractivity (Wildman–Crippen MR) is 54.1 cm³/mol. The Labute approximate surface area is 93.5 Å². The number of nitrogens with one attached hydrogen (secondary N) is 1. The Hall–Kier alpha value is -0.300. The first-order chi connectivity index (χ1) is 7.26. The number of alkyl halides is 3. The van der Waals surface area contributed by atoms with Gasteiger partial charge in [0.1, 0.15) is 0 Å². The number of halogens is 3. The fraction of sp³-hybridized carbons (Fsp3) is 1.00. The van der Waals surface area contributed by atoms with Crippen LogP contribution >= 0.6 is 0 Å². The minimum absolute atomic E-state index is 0.494. The first kappa shape index (κ1) is 13.8. The van der Waals surface area contributed by atoms with Gasteiger partial charge in [-0.2, -0.15) is 13.2 Å². The van der Waals surface area contributed by atoms with Crippen LogP contribution in [0.1, 0.15) is 39.0 Å². The summed E-state index contributed by atoms with van der Waals surface area (Å²) >= 11 is 0. The van der Waals surface area contributed by atoms with Gasteiger partial charge in [0, 0.05) is 6.04 Å². The Kier molecular flexibility index (Phi) is 4.23. The van der Waals surface area contributed by atoms with E-state index in [4.69, 9.17) is 0 Å². The molecule has 0 atom stereocenters. The lowest BCUT2D eigenvalue weighted by molar-refractivity contribution is -0.0452. The number of hydrogen-bond donors (Lipinski definition) is 1. The van der Waals surface area contributed by atoms with Crippen molar-refractivity contribution in [2.24, 2.45) is 5.92 Å². The SMILES string of the molecule is CC[C@H]1CC[C@H](NS(=O)(=O)C(F)(F)F)CC1. The molecule has 0 spiro atoms. The Morgan fingerprint density at radius 1 is 1.19 bits per heavy atom. The molecule has 3 nitrogen and oxygen atoms in total. The van der Waals surface area contributed by atoms with Crippen molar-refractivity contribution in [2.45, 2.75) is 50.6 Å². The van der Waals surface area contributed by atoms with E-state index in [2.05, 4.69) is 0 Å². The quantitative estimate of drug-likeness (QED) is 0.846. The van der Waals surface area contributed by atoms with Gasteiger partial charge in [-0.05, 0) is 31.6 Å². The first-order valence-electron chi connectivity index (χ1n) is 5.35. The standard InChI is InChI=1S/C9H16F3NO2S/c1-2-7-3-5-8(6-4-7)13-16(14,15)9(10,11)12/h7-8,13H,2-6H2,1H3/t7-,8-. The van der Waals surface area contributed by atoms with Gasteiger partial charge in [0.05, 0.1) is 0 Å². The summed E-state index contributed by atoms with van der Waals surface area (Å²) in [7, 11) is -5.17. The Morgan fingerprint density at radius 3 is 2.06 bits per heavy atom. The molecule has 7 heteroatoms. The normalized spacial score (nSPS) is 28.0. The zero-order valence-electron chi connectivity index (χ0n) is 9.05. The lowest BCUT2D eigenvalue weighted by Gasteiger charge is -2.28. The summed E-state index contributed by atoms with van der Waals surface area (Å²) in [5.41, 5.74) is -5.20. The molecule has 0 amide bonds. The third-order valence-corrected chi connectivity index (χ3v) is 4.30. The second-order valence-electron chi connectivity index (χ2n) is 4.19. The zero-order valence-corrected chi connectivity index (χ0v) is 9.87. The van der Waals surface area contributed by atoms with Crippen LogP contribution in [0.4, 0.5) is 13.2 Å². The fourth-order valence-corrected chi connectivity index (χ4v) is 2.78. The molecular weight excluding hydrogens is 243 g/mol. The molecule has 0 saturated heterocycles. The van der Waals surface area contributed by atoms with Crippen LogP contribution < -0.4 is 4.72 Å². The van der Waals surface area contributed by atoms with E-state index in [1.54, 1.807) is 4.72 Å². The maximum absolute atomic E-state index is 12.1. The monoisotopic (exact) mass is 259 g/mol. The number of rotatable bonds is 3. The maximum atomic E-state index is 12.1. The maximum Gasteiger partial charge on any atom is 0.511 e. The minimum atomic E-state index is -5.20. The molecule has 1 aliphatic carbocycles. The third kappa shape index (κ3) is 3.35. The summed E-state index contributed by atoms with van der Waals surface area (Å²) < 4.78 is 59.6. The molecule has 0 aromatic heterocycles. The third-order valence-electron chi connectivity index (χ3n) is 3.05. The van der Waals surface area contributed by atoms with Crippen molar-refractivity contribution in [3.05, 3.63) is 0 Å². The second kappa shape index (κ2) is 4.91. The van der Waals surface area contributed by atoms with E-state index < -0.39 is 21.6 Å². The average Bonchev–Trinajstić information content (AvgIpc) is 2.16. The molecule has 16 heavy (non-hydrogen) atoms. The highest BCUT2D eigenvalue weighted by Gasteiger charge is 2.46. The van der Waals surface area contributed by atoms with Crippen molar-refractivity contribution in [1.82, 2.24) is 4.72 Å². The lowest BCUT2D eigenvalue weighted by atomic mass is 9.85. The molecule has 0 aromatic carbocycles. The van der Waals surface area contributed by atoms with E-state index in [0.29, 0.717) is 18.8 Å². The van der Waals surface area contributed by atoms with Gasteiger partial charge in [-0.1, -0.05) is 13.3 Å². The van der Waals surface area contributed by atoms with Gasteiger partial charge in [-0.15, -0.1) is 0 Å². The van der Waals surface area contributed by atoms with Gasteiger partial charge in [-0.3, -0.25) is 0 Å². The summed E-state index contributed by atoms with van der Waals surface area (Å²) in [4.78, 5) is 0. The Balaban J connectivity index is 2.52. The van der Waals surface area contributed by atoms with Crippen molar-refractivity contribution in [2.75, 3.05) is 0 Å². The van der Waals surface area contributed by atoms with Crippen molar-refractivity contribution in [1.29, 1.82) is 0 Å². The van der Waals surface area contributed by atoms with E-state index in [-0.39, 0.29) is 0 Å². The largest absolute Gasteiger partial charge is 0.511 e. The smallest absolute Gasteiger partial charge is 0.204 e. The van der Waals surface area contributed by atoms with E-state index in [9.17, 15) is 21.6 Å². The van der Waals surface area contributed by atoms with Gasteiger partial charge in [-0.25, -0.2) is 13.1 Å². The molecule has 1 saturated carbocycles. The van der Waals surface area contributed by atoms with Crippen molar-refractivity contribution < 1.29 is 21.6 Å². The average molecular weight is 259 g/mol. The highest BCUT2D eigenvalue weighted by atomic mass is 32.2. The Bertz CT molecular complexity index is 318. The van der Waals surface area contributed by atoms with Crippen LogP contribution in [0.15, 0.2) is 0 Å². The fourth-order valence-electron chi connectivity index (χ4n) is 1.97. The predicted octanol–water partition coefficient (Wildman–Crippen LogP) is 2.39. The highest BCUT2D eigenvalue weighted by Crippen LogP contribution is 2.29. The number of hydrogen-bond acceptors (Lipinski definition) is 2. The molecule has 1 fully saturated rings. The summed E-state index contributed by atoms with van der Waals surface area (Å²) in [6.45, 7) is 2.03. The summed E-state index contributed by atoms with van der Waals surface area (Å²) in [6, 6.07) is -0.561. The molecular formula is C9H16F3NO2S. The molecule has 1 N–H and O–H groups in total. The van der Waals surface area contributed by atoms with E-state index in [1.807, 2.05) is 6.92 Å². The van der Waals surface area contributed by atoms with E-state index >= 15 is 0 Å². The van der Waals surface area contributed by atoms with Crippen molar-refractivity contribution in [3.63, 3.8) is 0 Å². The summed E-state index contributed by atoms with van der Waals surface area (Å²) in [5.74, 6) is 0.520. The first-order valence-corrected chi connectivity index (χ1v) is 6.83. The van der Waals surface area contributed by atoms with Gasteiger partial charge in [0.25, 0.3) is 0 Å². The summed E-state index contributed by atoms with van der Waals surface area (Å²) in [6.07, 6.45) is 3.57. The molecule has 0 radical (unpaired) electrons.